The van der Waals surface area contributed by atoms with E-state index in [-0.39, 0.29) is 5.91 Å². The third-order valence-corrected chi connectivity index (χ3v) is 5.51. The number of carbonyl (C=O) groups excluding carboxylic acids is 1. The maximum Gasteiger partial charge on any atom is 0.256 e. The quantitative estimate of drug-likeness (QED) is 0.795. The highest BCUT2D eigenvalue weighted by Gasteiger charge is 2.42. The number of amides is 1. The second kappa shape index (κ2) is 8.22. The zero-order valence-corrected chi connectivity index (χ0v) is 15.6. The van der Waals surface area contributed by atoms with Crippen molar-refractivity contribution in [1.29, 1.82) is 0 Å². The number of hydrogen-bond donors (Lipinski definition) is 1. The third kappa shape index (κ3) is 4.55. The van der Waals surface area contributed by atoms with Crippen molar-refractivity contribution in [2.24, 2.45) is 5.92 Å². The van der Waals surface area contributed by atoms with Crippen LogP contribution in [0.5, 0.6) is 5.75 Å². The van der Waals surface area contributed by atoms with Crippen molar-refractivity contribution < 1.29 is 14.3 Å². The van der Waals surface area contributed by atoms with Gasteiger partial charge in [-0.25, -0.2) is 0 Å². The molecule has 0 heterocycles. The first-order valence-electron chi connectivity index (χ1n) is 9.83. The molecule has 0 aliphatic heterocycles. The SMILES string of the molecule is CCO[C@]1(C(=O)Nc2ccc(OC3CCCC3)cc2)CCC[C@H](C)C1. The van der Waals surface area contributed by atoms with Crippen molar-refractivity contribution in [2.75, 3.05) is 11.9 Å². The Morgan fingerprint density at radius 2 is 1.88 bits per heavy atom. The van der Waals surface area contributed by atoms with Crippen molar-refractivity contribution >= 4 is 11.6 Å². The van der Waals surface area contributed by atoms with E-state index in [9.17, 15) is 4.79 Å². The summed E-state index contributed by atoms with van der Waals surface area (Å²) in [5.41, 5.74) is 0.131. The van der Waals surface area contributed by atoms with E-state index < -0.39 is 5.60 Å². The molecule has 0 spiro atoms. The van der Waals surface area contributed by atoms with E-state index in [1.54, 1.807) is 0 Å². The Balaban J connectivity index is 1.62. The van der Waals surface area contributed by atoms with Crippen molar-refractivity contribution in [2.45, 2.75) is 76.9 Å². The monoisotopic (exact) mass is 345 g/mol. The Labute approximate surface area is 151 Å². The maximum atomic E-state index is 12.9. The molecule has 1 N–H and O–H groups in total. The molecule has 25 heavy (non-hydrogen) atoms. The molecule has 0 saturated heterocycles. The Bertz CT molecular complexity index is 561. The predicted octanol–water partition coefficient (Wildman–Crippen LogP) is 4.93. The van der Waals surface area contributed by atoms with Gasteiger partial charge in [-0.1, -0.05) is 13.3 Å². The summed E-state index contributed by atoms with van der Waals surface area (Å²) in [7, 11) is 0. The molecular weight excluding hydrogens is 314 g/mol. The highest BCUT2D eigenvalue weighted by atomic mass is 16.5. The van der Waals surface area contributed by atoms with Gasteiger partial charge >= 0.3 is 0 Å². The van der Waals surface area contributed by atoms with Crippen LogP contribution in [-0.2, 0) is 9.53 Å². The van der Waals surface area contributed by atoms with Crippen LogP contribution >= 0.6 is 0 Å². The first kappa shape index (κ1) is 18.2. The molecule has 0 aromatic heterocycles. The Hall–Kier alpha value is -1.55. The molecule has 138 valence electrons. The first-order chi connectivity index (χ1) is 12.1. The van der Waals surface area contributed by atoms with E-state index in [0.29, 0.717) is 18.6 Å². The van der Waals surface area contributed by atoms with E-state index >= 15 is 0 Å². The lowest BCUT2D eigenvalue weighted by Crippen LogP contribution is -2.48. The van der Waals surface area contributed by atoms with Crippen LogP contribution in [0.1, 0.15) is 65.2 Å². The minimum Gasteiger partial charge on any atom is -0.490 e. The van der Waals surface area contributed by atoms with Crippen LogP contribution in [-0.4, -0.2) is 24.2 Å². The molecule has 0 bridgehead atoms. The summed E-state index contributed by atoms with van der Waals surface area (Å²) in [6, 6.07) is 7.75. The smallest absolute Gasteiger partial charge is 0.256 e. The van der Waals surface area contributed by atoms with Gasteiger partial charge in [-0.05, 0) is 82.1 Å². The fourth-order valence-corrected chi connectivity index (χ4v) is 4.24. The average Bonchev–Trinajstić information content (AvgIpc) is 3.10. The highest BCUT2D eigenvalue weighted by molar-refractivity contribution is 5.97. The molecule has 3 rings (SSSR count). The van der Waals surface area contributed by atoms with Gasteiger partial charge in [0.15, 0.2) is 0 Å². The van der Waals surface area contributed by atoms with E-state index in [4.69, 9.17) is 9.47 Å². The van der Waals surface area contributed by atoms with Gasteiger partial charge in [0.25, 0.3) is 5.91 Å². The van der Waals surface area contributed by atoms with E-state index in [1.807, 2.05) is 31.2 Å². The number of hydrogen-bond acceptors (Lipinski definition) is 3. The maximum absolute atomic E-state index is 12.9. The molecular formula is C21H31NO3. The van der Waals surface area contributed by atoms with Gasteiger partial charge in [0.05, 0.1) is 6.10 Å². The lowest BCUT2D eigenvalue weighted by Gasteiger charge is -2.38. The second-order valence-electron chi connectivity index (χ2n) is 7.63. The van der Waals surface area contributed by atoms with Crippen LogP contribution < -0.4 is 10.1 Å². The summed E-state index contributed by atoms with van der Waals surface area (Å²) in [5, 5.41) is 3.06. The first-order valence-corrected chi connectivity index (χ1v) is 9.83. The van der Waals surface area contributed by atoms with Crippen LogP contribution in [0.4, 0.5) is 5.69 Å². The van der Waals surface area contributed by atoms with E-state index in [2.05, 4.69) is 12.2 Å². The molecule has 2 fully saturated rings. The molecule has 0 unspecified atom stereocenters. The van der Waals surface area contributed by atoms with E-state index in [0.717, 1.165) is 43.5 Å². The molecule has 1 aromatic rings. The summed E-state index contributed by atoms with van der Waals surface area (Å²) in [6.45, 7) is 4.73. The van der Waals surface area contributed by atoms with Crippen LogP contribution in [0.3, 0.4) is 0 Å². The van der Waals surface area contributed by atoms with Gasteiger partial charge in [-0.2, -0.15) is 0 Å². The van der Waals surface area contributed by atoms with Crippen molar-refractivity contribution in [3.05, 3.63) is 24.3 Å². The fourth-order valence-electron chi connectivity index (χ4n) is 4.24. The standard InChI is InChI=1S/C21H31NO3/c1-3-24-21(14-6-7-16(2)15-21)20(23)22-17-10-12-19(13-11-17)25-18-8-4-5-9-18/h10-13,16,18H,3-9,14-15H2,1-2H3,(H,22,23)/t16-,21+/m0/s1. The minimum absolute atomic E-state index is 0.00892. The number of carbonyl (C=O) groups is 1. The van der Waals surface area contributed by atoms with Gasteiger partial charge in [-0.15, -0.1) is 0 Å². The molecule has 4 heteroatoms. The summed E-state index contributed by atoms with van der Waals surface area (Å²) >= 11 is 0. The number of rotatable bonds is 6. The summed E-state index contributed by atoms with van der Waals surface area (Å²) in [4.78, 5) is 12.9. The number of nitrogens with one attached hydrogen (secondary N) is 1. The van der Waals surface area contributed by atoms with Crippen molar-refractivity contribution in [1.82, 2.24) is 0 Å². The number of benzene rings is 1. The minimum atomic E-state index is -0.675. The number of anilines is 1. The molecule has 2 atom stereocenters. The molecule has 2 saturated carbocycles. The normalized spacial score (nSPS) is 27.2. The summed E-state index contributed by atoms with van der Waals surface area (Å²) < 4.78 is 11.9. The molecule has 1 aromatic carbocycles. The average molecular weight is 345 g/mol. The molecule has 2 aliphatic carbocycles. The van der Waals surface area contributed by atoms with Gasteiger partial charge in [0.2, 0.25) is 0 Å². The largest absolute Gasteiger partial charge is 0.490 e. The molecule has 0 radical (unpaired) electrons. The topological polar surface area (TPSA) is 47.6 Å². The predicted molar refractivity (Wildman–Crippen MR) is 99.9 cm³/mol. The van der Waals surface area contributed by atoms with Crippen molar-refractivity contribution in [3.63, 3.8) is 0 Å². The van der Waals surface area contributed by atoms with Gasteiger partial charge < -0.3 is 14.8 Å². The van der Waals surface area contributed by atoms with Crippen LogP contribution in [0, 0.1) is 5.92 Å². The zero-order chi connectivity index (χ0) is 17.7. The third-order valence-electron chi connectivity index (χ3n) is 5.51. The highest BCUT2D eigenvalue weighted by Crippen LogP contribution is 2.36. The molecule has 1 amide bonds. The molecule has 2 aliphatic rings. The zero-order valence-electron chi connectivity index (χ0n) is 15.6. The summed E-state index contributed by atoms with van der Waals surface area (Å²) in [5.74, 6) is 1.40. The van der Waals surface area contributed by atoms with Gasteiger partial charge in [-0.3, -0.25) is 4.79 Å². The second-order valence-corrected chi connectivity index (χ2v) is 7.63. The molecule has 4 nitrogen and oxygen atoms in total. The fraction of sp³-hybridized carbons (Fsp3) is 0.667. The van der Waals surface area contributed by atoms with Crippen LogP contribution in [0.15, 0.2) is 24.3 Å². The van der Waals surface area contributed by atoms with E-state index in [1.165, 1.54) is 19.3 Å². The Kier molecular flexibility index (Phi) is 6.00. The van der Waals surface area contributed by atoms with Gasteiger partial charge in [0.1, 0.15) is 11.4 Å². The van der Waals surface area contributed by atoms with Crippen molar-refractivity contribution in [3.8, 4) is 5.75 Å². The lowest BCUT2D eigenvalue weighted by molar-refractivity contribution is -0.147. The Morgan fingerprint density at radius 1 is 1.16 bits per heavy atom. The van der Waals surface area contributed by atoms with Crippen LogP contribution in [0.25, 0.3) is 0 Å². The van der Waals surface area contributed by atoms with Gasteiger partial charge in [0, 0.05) is 12.3 Å². The summed E-state index contributed by atoms with van der Waals surface area (Å²) in [6.07, 6.45) is 8.99. The number of ether oxygens (including phenoxy) is 2. The Morgan fingerprint density at radius 3 is 2.52 bits per heavy atom. The lowest BCUT2D eigenvalue weighted by atomic mass is 9.78. The van der Waals surface area contributed by atoms with Crippen LogP contribution in [0.2, 0.25) is 0 Å².